The van der Waals surface area contributed by atoms with Crippen molar-refractivity contribution >= 4 is 29.1 Å². The molecule has 5 heteroatoms. The number of carbonyl (C=O) groups excluding carboxylic acids is 1. The number of anilines is 2. The van der Waals surface area contributed by atoms with Crippen LogP contribution in [-0.2, 0) is 4.74 Å². The van der Waals surface area contributed by atoms with Crippen molar-refractivity contribution in [2.45, 2.75) is 26.3 Å². The second-order valence-electron chi connectivity index (χ2n) is 4.32. The zero-order chi connectivity index (χ0) is 14.3. The highest BCUT2D eigenvalue weighted by Gasteiger charge is 2.16. The number of para-hydroxylation sites is 1. The maximum absolute atomic E-state index is 11.9. The molecule has 1 atom stereocenters. The molecule has 0 bridgehead atoms. The third kappa shape index (κ3) is 4.67. The summed E-state index contributed by atoms with van der Waals surface area (Å²) in [6.45, 7) is 4.23. The molecule has 1 rings (SSSR count). The highest BCUT2D eigenvalue weighted by molar-refractivity contribution is 7.98. The van der Waals surface area contributed by atoms with E-state index in [4.69, 9.17) is 10.5 Å². The van der Waals surface area contributed by atoms with Gasteiger partial charge in [0, 0.05) is 6.04 Å². The van der Waals surface area contributed by atoms with E-state index < -0.39 is 0 Å². The minimum atomic E-state index is -0.339. The number of thioether (sulfide) groups is 1. The van der Waals surface area contributed by atoms with E-state index in [1.54, 1.807) is 36.9 Å². The summed E-state index contributed by atoms with van der Waals surface area (Å²) in [4.78, 5) is 11.9. The number of hydrogen-bond acceptors (Lipinski definition) is 5. The molecule has 0 radical (unpaired) electrons. The molecular weight excluding hydrogens is 260 g/mol. The first-order chi connectivity index (χ1) is 9.10. The van der Waals surface area contributed by atoms with Gasteiger partial charge in [-0.25, -0.2) is 4.79 Å². The summed E-state index contributed by atoms with van der Waals surface area (Å²) in [6.07, 6.45) is 3.09. The van der Waals surface area contributed by atoms with Gasteiger partial charge in [0.05, 0.1) is 23.5 Å². The third-order valence-corrected chi connectivity index (χ3v) is 3.38. The minimum absolute atomic E-state index is 0.255. The molecule has 0 fully saturated rings. The van der Waals surface area contributed by atoms with Gasteiger partial charge in [-0.3, -0.25) is 0 Å². The molecule has 0 aliphatic rings. The first-order valence-corrected chi connectivity index (χ1v) is 7.80. The van der Waals surface area contributed by atoms with E-state index in [0.29, 0.717) is 23.5 Å². The average Bonchev–Trinajstić information content (AvgIpc) is 2.39. The van der Waals surface area contributed by atoms with Crippen LogP contribution < -0.4 is 11.1 Å². The Balaban J connectivity index is 2.88. The summed E-state index contributed by atoms with van der Waals surface area (Å²) < 4.78 is 5.05. The maximum Gasteiger partial charge on any atom is 0.340 e. The maximum atomic E-state index is 11.9. The number of benzene rings is 1. The van der Waals surface area contributed by atoms with Gasteiger partial charge >= 0.3 is 5.97 Å². The molecule has 0 spiro atoms. The Hall–Kier alpha value is -1.36. The Morgan fingerprint density at radius 1 is 1.53 bits per heavy atom. The molecule has 0 aliphatic carbocycles. The number of ether oxygens (including phenoxy) is 1. The molecule has 4 nitrogen and oxygen atoms in total. The van der Waals surface area contributed by atoms with Gasteiger partial charge in [-0.05, 0) is 44.4 Å². The van der Waals surface area contributed by atoms with Crippen LogP contribution in [0.25, 0.3) is 0 Å². The Bertz CT molecular complexity index is 424. The number of nitrogen functional groups attached to an aromatic ring is 1. The fourth-order valence-electron chi connectivity index (χ4n) is 1.72. The van der Waals surface area contributed by atoms with Gasteiger partial charge in [-0.1, -0.05) is 6.07 Å². The first-order valence-electron chi connectivity index (χ1n) is 6.41. The highest BCUT2D eigenvalue weighted by atomic mass is 32.2. The second-order valence-corrected chi connectivity index (χ2v) is 5.30. The van der Waals surface area contributed by atoms with Crippen LogP contribution in [-0.4, -0.2) is 30.6 Å². The molecule has 0 aliphatic heterocycles. The highest BCUT2D eigenvalue weighted by Crippen LogP contribution is 2.25. The normalized spacial score (nSPS) is 11.9. The topological polar surface area (TPSA) is 64.3 Å². The van der Waals surface area contributed by atoms with Crippen LogP contribution >= 0.6 is 11.8 Å². The molecule has 3 N–H and O–H groups in total. The lowest BCUT2D eigenvalue weighted by molar-refractivity contribution is 0.0527. The van der Waals surface area contributed by atoms with Crippen molar-refractivity contribution in [3.8, 4) is 0 Å². The van der Waals surface area contributed by atoms with Crippen LogP contribution in [0.4, 0.5) is 11.4 Å². The summed E-state index contributed by atoms with van der Waals surface area (Å²) in [6, 6.07) is 5.54. The monoisotopic (exact) mass is 282 g/mol. The number of hydrogen-bond donors (Lipinski definition) is 2. The first kappa shape index (κ1) is 15.7. The van der Waals surface area contributed by atoms with Gasteiger partial charge in [-0.2, -0.15) is 11.8 Å². The van der Waals surface area contributed by atoms with Crippen LogP contribution in [0.3, 0.4) is 0 Å². The van der Waals surface area contributed by atoms with Gasteiger partial charge in [0.25, 0.3) is 0 Å². The minimum Gasteiger partial charge on any atom is -0.462 e. The van der Waals surface area contributed by atoms with Crippen molar-refractivity contribution < 1.29 is 9.53 Å². The smallest absolute Gasteiger partial charge is 0.340 e. The zero-order valence-corrected chi connectivity index (χ0v) is 12.5. The molecule has 1 unspecified atom stereocenters. The van der Waals surface area contributed by atoms with Gasteiger partial charge in [0.15, 0.2) is 0 Å². The number of nitrogens with one attached hydrogen (secondary N) is 1. The summed E-state index contributed by atoms with van der Waals surface area (Å²) >= 11 is 1.80. The van der Waals surface area contributed by atoms with E-state index in [0.717, 1.165) is 12.2 Å². The molecule has 19 heavy (non-hydrogen) atoms. The Kier molecular flexibility index (Phi) is 6.56. The van der Waals surface area contributed by atoms with Crippen LogP contribution in [0.5, 0.6) is 0 Å². The van der Waals surface area contributed by atoms with Crippen molar-refractivity contribution in [2.75, 3.05) is 29.7 Å². The Morgan fingerprint density at radius 3 is 2.89 bits per heavy atom. The standard InChI is InChI=1S/C14H22N2O2S/c1-4-18-14(17)11-6-5-7-12(15)13(11)16-10(2)8-9-19-3/h5-7,10,16H,4,8-9,15H2,1-3H3. The summed E-state index contributed by atoms with van der Waals surface area (Å²) in [5.74, 6) is 0.727. The molecule has 0 amide bonds. The summed E-state index contributed by atoms with van der Waals surface area (Å²) in [7, 11) is 0. The quantitative estimate of drug-likeness (QED) is 0.594. The predicted octanol–water partition coefficient (Wildman–Crippen LogP) is 3.00. The lowest BCUT2D eigenvalue weighted by atomic mass is 10.1. The molecule has 0 aromatic heterocycles. The molecule has 0 saturated heterocycles. The fraction of sp³-hybridized carbons (Fsp3) is 0.500. The van der Waals surface area contributed by atoms with Crippen molar-refractivity contribution in [1.82, 2.24) is 0 Å². The van der Waals surface area contributed by atoms with E-state index in [2.05, 4.69) is 18.5 Å². The van der Waals surface area contributed by atoms with E-state index in [-0.39, 0.29) is 12.0 Å². The van der Waals surface area contributed by atoms with E-state index >= 15 is 0 Å². The van der Waals surface area contributed by atoms with Crippen LogP contribution in [0.1, 0.15) is 30.6 Å². The lowest BCUT2D eigenvalue weighted by Crippen LogP contribution is -2.20. The van der Waals surface area contributed by atoms with Crippen LogP contribution in [0, 0.1) is 0 Å². The van der Waals surface area contributed by atoms with Gasteiger partial charge in [-0.15, -0.1) is 0 Å². The molecule has 1 aromatic carbocycles. The van der Waals surface area contributed by atoms with Crippen LogP contribution in [0.2, 0.25) is 0 Å². The lowest BCUT2D eigenvalue weighted by Gasteiger charge is -2.19. The SMILES string of the molecule is CCOC(=O)c1cccc(N)c1NC(C)CCSC. The van der Waals surface area contributed by atoms with Gasteiger partial charge < -0.3 is 15.8 Å². The van der Waals surface area contributed by atoms with Gasteiger partial charge in [0.1, 0.15) is 0 Å². The zero-order valence-electron chi connectivity index (χ0n) is 11.7. The largest absolute Gasteiger partial charge is 0.462 e. The van der Waals surface area contributed by atoms with E-state index in [9.17, 15) is 4.79 Å². The predicted molar refractivity (Wildman–Crippen MR) is 82.9 cm³/mol. The van der Waals surface area contributed by atoms with E-state index in [1.807, 2.05) is 0 Å². The molecule has 0 saturated carbocycles. The van der Waals surface area contributed by atoms with Crippen molar-refractivity contribution in [3.63, 3.8) is 0 Å². The van der Waals surface area contributed by atoms with Crippen molar-refractivity contribution in [1.29, 1.82) is 0 Å². The van der Waals surface area contributed by atoms with E-state index in [1.165, 1.54) is 0 Å². The summed E-state index contributed by atoms with van der Waals surface area (Å²) in [5, 5.41) is 3.31. The van der Waals surface area contributed by atoms with Gasteiger partial charge in [0.2, 0.25) is 0 Å². The molecule has 106 valence electrons. The van der Waals surface area contributed by atoms with Crippen LogP contribution in [0.15, 0.2) is 18.2 Å². The number of rotatable bonds is 7. The number of carbonyl (C=O) groups is 1. The number of esters is 1. The second kappa shape index (κ2) is 7.94. The third-order valence-electron chi connectivity index (χ3n) is 2.74. The Morgan fingerprint density at radius 2 is 2.26 bits per heavy atom. The average molecular weight is 282 g/mol. The molecular formula is C14H22N2O2S. The molecule has 0 heterocycles. The van der Waals surface area contributed by atoms with Crippen molar-refractivity contribution in [2.24, 2.45) is 0 Å². The Labute approximate surface area is 119 Å². The fourth-order valence-corrected chi connectivity index (χ4v) is 2.31. The summed E-state index contributed by atoms with van der Waals surface area (Å²) in [5.41, 5.74) is 7.70. The molecule has 1 aromatic rings. The number of nitrogens with two attached hydrogens (primary N) is 1. The van der Waals surface area contributed by atoms with Crippen molar-refractivity contribution in [3.05, 3.63) is 23.8 Å².